The van der Waals surface area contributed by atoms with Gasteiger partial charge in [-0.25, -0.2) is 0 Å². The first kappa shape index (κ1) is 13.4. The summed E-state index contributed by atoms with van der Waals surface area (Å²) in [6.45, 7) is 3.84. The molecule has 3 rings (SSSR count). The van der Waals surface area contributed by atoms with Gasteiger partial charge in [0.15, 0.2) is 0 Å². The quantitative estimate of drug-likeness (QED) is 0.744. The van der Waals surface area contributed by atoms with Gasteiger partial charge in [0.2, 0.25) is 0 Å². The second kappa shape index (κ2) is 5.79. The third kappa shape index (κ3) is 2.79. The molecular formula is C17H18N4. The molecule has 1 aromatic heterocycles. The lowest BCUT2D eigenvalue weighted by atomic mass is 10.1. The minimum Gasteiger partial charge on any atom is -0.399 e. The molecule has 0 radical (unpaired) electrons. The maximum Gasteiger partial charge on any atom is 0.0950 e. The predicted octanol–water partition coefficient (Wildman–Crippen LogP) is 3.24. The molecule has 2 N–H and O–H groups in total. The van der Waals surface area contributed by atoms with Gasteiger partial charge in [0.25, 0.3) is 0 Å². The molecule has 0 bridgehead atoms. The van der Waals surface area contributed by atoms with Crippen LogP contribution in [0.5, 0.6) is 0 Å². The van der Waals surface area contributed by atoms with E-state index in [0.29, 0.717) is 0 Å². The molecule has 0 fully saturated rings. The van der Waals surface area contributed by atoms with Gasteiger partial charge >= 0.3 is 0 Å². The van der Waals surface area contributed by atoms with Gasteiger partial charge in [0.1, 0.15) is 0 Å². The highest BCUT2D eigenvalue weighted by Crippen LogP contribution is 2.25. The number of benzene rings is 2. The monoisotopic (exact) mass is 278 g/mol. The molecule has 4 nitrogen and oxygen atoms in total. The maximum atomic E-state index is 5.86. The van der Waals surface area contributed by atoms with Crippen LogP contribution in [0, 0.1) is 0 Å². The lowest BCUT2D eigenvalue weighted by Crippen LogP contribution is -2.22. The van der Waals surface area contributed by atoms with Crippen molar-refractivity contribution in [2.24, 2.45) is 0 Å². The van der Waals surface area contributed by atoms with Crippen LogP contribution in [0.1, 0.15) is 12.5 Å². The van der Waals surface area contributed by atoms with E-state index in [9.17, 15) is 0 Å². The summed E-state index contributed by atoms with van der Waals surface area (Å²) in [7, 11) is 0. The number of hydrogen-bond donors (Lipinski definition) is 1. The lowest BCUT2D eigenvalue weighted by molar-refractivity contribution is 0.829. The number of nitrogens with two attached hydrogens (primary N) is 1. The fourth-order valence-corrected chi connectivity index (χ4v) is 2.52. The van der Waals surface area contributed by atoms with Crippen molar-refractivity contribution in [1.29, 1.82) is 0 Å². The van der Waals surface area contributed by atoms with Crippen molar-refractivity contribution < 1.29 is 0 Å². The second-order valence-electron chi connectivity index (χ2n) is 5.01. The van der Waals surface area contributed by atoms with Crippen LogP contribution in [0.15, 0.2) is 54.7 Å². The van der Waals surface area contributed by atoms with E-state index in [1.54, 1.807) is 0 Å². The summed E-state index contributed by atoms with van der Waals surface area (Å²) in [5, 5.41) is 9.43. The number of anilines is 2. The largest absolute Gasteiger partial charge is 0.399 e. The SMILES string of the molecule is CCN(Cc1cccc(N)c1)c1cnnc2ccccc12. The number of hydrogen-bond acceptors (Lipinski definition) is 4. The molecule has 0 amide bonds. The van der Waals surface area contributed by atoms with Crippen LogP contribution in [-0.2, 0) is 6.54 Å². The zero-order chi connectivity index (χ0) is 14.7. The predicted molar refractivity (Wildman–Crippen MR) is 87.1 cm³/mol. The van der Waals surface area contributed by atoms with Crippen molar-refractivity contribution in [3.05, 3.63) is 60.3 Å². The molecule has 0 aliphatic rings. The fourth-order valence-electron chi connectivity index (χ4n) is 2.52. The van der Waals surface area contributed by atoms with Crippen LogP contribution in [0.25, 0.3) is 10.9 Å². The Labute approximate surface area is 124 Å². The van der Waals surface area contributed by atoms with Crippen molar-refractivity contribution in [3.8, 4) is 0 Å². The van der Waals surface area contributed by atoms with Crippen molar-refractivity contribution in [1.82, 2.24) is 10.2 Å². The molecular weight excluding hydrogens is 260 g/mol. The Morgan fingerprint density at radius 3 is 2.76 bits per heavy atom. The summed E-state index contributed by atoms with van der Waals surface area (Å²) in [5.74, 6) is 0. The second-order valence-corrected chi connectivity index (χ2v) is 5.01. The van der Waals surface area contributed by atoms with E-state index in [4.69, 9.17) is 5.73 Å². The molecule has 0 spiro atoms. The third-order valence-electron chi connectivity index (χ3n) is 3.57. The van der Waals surface area contributed by atoms with Gasteiger partial charge in [-0.2, -0.15) is 10.2 Å². The molecule has 4 heteroatoms. The molecule has 3 aromatic rings. The topological polar surface area (TPSA) is 55.0 Å². The normalized spacial score (nSPS) is 10.7. The van der Waals surface area contributed by atoms with E-state index >= 15 is 0 Å². The smallest absolute Gasteiger partial charge is 0.0950 e. The van der Waals surface area contributed by atoms with Gasteiger partial charge in [-0.1, -0.05) is 30.3 Å². The highest BCUT2D eigenvalue weighted by atomic mass is 15.2. The van der Waals surface area contributed by atoms with Crippen molar-refractivity contribution in [2.45, 2.75) is 13.5 Å². The molecule has 0 saturated carbocycles. The van der Waals surface area contributed by atoms with E-state index in [0.717, 1.165) is 35.4 Å². The van der Waals surface area contributed by atoms with Gasteiger partial charge < -0.3 is 10.6 Å². The Morgan fingerprint density at radius 1 is 1.10 bits per heavy atom. The molecule has 0 unspecified atom stereocenters. The highest BCUT2D eigenvalue weighted by molar-refractivity contribution is 5.90. The van der Waals surface area contributed by atoms with Gasteiger partial charge in [-0.05, 0) is 30.7 Å². The Hall–Kier alpha value is -2.62. The van der Waals surface area contributed by atoms with Gasteiger partial charge in [0.05, 0.1) is 17.4 Å². The molecule has 106 valence electrons. The van der Waals surface area contributed by atoms with E-state index in [1.165, 1.54) is 5.56 Å². The van der Waals surface area contributed by atoms with Crippen LogP contribution >= 0.6 is 0 Å². The Bertz CT molecular complexity index is 749. The fraction of sp³-hybridized carbons (Fsp3) is 0.176. The zero-order valence-electron chi connectivity index (χ0n) is 12.0. The molecule has 2 aromatic carbocycles. The molecule has 0 aliphatic carbocycles. The number of rotatable bonds is 4. The van der Waals surface area contributed by atoms with Crippen LogP contribution in [0.2, 0.25) is 0 Å². The zero-order valence-corrected chi connectivity index (χ0v) is 12.0. The first-order valence-electron chi connectivity index (χ1n) is 7.07. The summed E-state index contributed by atoms with van der Waals surface area (Å²) in [4.78, 5) is 2.28. The van der Waals surface area contributed by atoms with Gasteiger partial charge in [0, 0.05) is 24.2 Å². The van der Waals surface area contributed by atoms with Crippen molar-refractivity contribution in [3.63, 3.8) is 0 Å². The number of nitrogens with zero attached hydrogens (tertiary/aromatic N) is 3. The number of fused-ring (bicyclic) bond motifs is 1. The highest BCUT2D eigenvalue weighted by Gasteiger charge is 2.10. The average molecular weight is 278 g/mol. The molecule has 0 atom stereocenters. The van der Waals surface area contributed by atoms with Gasteiger partial charge in [-0.15, -0.1) is 0 Å². The Morgan fingerprint density at radius 2 is 1.95 bits per heavy atom. The summed E-state index contributed by atoms with van der Waals surface area (Å²) in [6, 6.07) is 16.1. The van der Waals surface area contributed by atoms with Crippen LogP contribution in [0.3, 0.4) is 0 Å². The van der Waals surface area contributed by atoms with E-state index < -0.39 is 0 Å². The first-order chi connectivity index (χ1) is 10.3. The van der Waals surface area contributed by atoms with Crippen molar-refractivity contribution in [2.75, 3.05) is 17.2 Å². The van der Waals surface area contributed by atoms with E-state index in [1.807, 2.05) is 42.6 Å². The third-order valence-corrected chi connectivity index (χ3v) is 3.57. The minimum atomic E-state index is 0.793. The summed E-state index contributed by atoms with van der Waals surface area (Å²) >= 11 is 0. The van der Waals surface area contributed by atoms with Crippen LogP contribution in [-0.4, -0.2) is 16.7 Å². The molecule has 1 heterocycles. The van der Waals surface area contributed by atoms with E-state index in [2.05, 4.69) is 34.2 Å². The molecule has 21 heavy (non-hydrogen) atoms. The molecule has 0 saturated heterocycles. The number of nitrogen functional groups attached to an aromatic ring is 1. The molecule has 0 aliphatic heterocycles. The standard InChI is InChI=1S/C17H18N4/c1-2-21(12-13-6-5-7-14(18)10-13)17-11-19-20-16-9-4-3-8-15(16)17/h3-11H,2,12,18H2,1H3. The summed E-state index contributed by atoms with van der Waals surface area (Å²) in [6.07, 6.45) is 1.83. The Balaban J connectivity index is 1.98. The number of aromatic nitrogens is 2. The minimum absolute atomic E-state index is 0.793. The Kier molecular flexibility index (Phi) is 3.69. The van der Waals surface area contributed by atoms with E-state index in [-0.39, 0.29) is 0 Å². The van der Waals surface area contributed by atoms with Crippen LogP contribution < -0.4 is 10.6 Å². The average Bonchev–Trinajstić information content (AvgIpc) is 2.52. The van der Waals surface area contributed by atoms with Gasteiger partial charge in [-0.3, -0.25) is 0 Å². The van der Waals surface area contributed by atoms with Crippen LogP contribution in [0.4, 0.5) is 11.4 Å². The summed E-state index contributed by atoms with van der Waals surface area (Å²) < 4.78 is 0. The lowest BCUT2D eigenvalue weighted by Gasteiger charge is -2.24. The first-order valence-corrected chi connectivity index (χ1v) is 7.07. The summed E-state index contributed by atoms with van der Waals surface area (Å²) in [5.41, 5.74) is 9.87. The maximum absolute atomic E-state index is 5.86. The van der Waals surface area contributed by atoms with Crippen molar-refractivity contribution >= 4 is 22.3 Å².